The third kappa shape index (κ3) is 4.48. The average molecular weight is 363 g/mol. The molecule has 0 spiro atoms. The zero-order valence-electron chi connectivity index (χ0n) is 16.5. The van der Waals surface area contributed by atoms with E-state index in [1.54, 1.807) is 0 Å². The smallest absolute Gasteiger partial charge is 0.0458 e. The summed E-state index contributed by atoms with van der Waals surface area (Å²) in [5.41, 5.74) is 1.53. The molecule has 1 fully saturated rings. The van der Waals surface area contributed by atoms with Crippen molar-refractivity contribution < 1.29 is 0 Å². The second-order valence-electron chi connectivity index (χ2n) is 7.69. The molecule has 0 bridgehead atoms. The molecule has 3 heteroatoms. The largest absolute Gasteiger partial charge is 0.300 e. The first-order chi connectivity index (χ1) is 12.0. The van der Waals surface area contributed by atoms with Crippen LogP contribution in [0.3, 0.4) is 0 Å². The summed E-state index contributed by atoms with van der Waals surface area (Å²) in [6.45, 7) is 10.8. The third-order valence-electron chi connectivity index (χ3n) is 6.10. The number of rotatable bonds is 8. The first-order valence-electron chi connectivity index (χ1n) is 9.76. The molecule has 0 aromatic heterocycles. The normalized spacial score (nSPS) is 27.0. The van der Waals surface area contributed by atoms with Gasteiger partial charge in [0.05, 0.1) is 0 Å². The molecule has 1 aliphatic carbocycles. The molecule has 3 atom stereocenters. The van der Waals surface area contributed by atoms with Crippen LogP contribution in [0.5, 0.6) is 0 Å². The highest BCUT2D eigenvalue weighted by atomic mass is 35.5. The second kappa shape index (κ2) is 9.21. The van der Waals surface area contributed by atoms with Gasteiger partial charge >= 0.3 is 0 Å². The Labute approximate surface area is 159 Å². The molecular formula is C22H35ClN2. The van der Waals surface area contributed by atoms with Crippen molar-refractivity contribution in [3.63, 3.8) is 0 Å². The van der Waals surface area contributed by atoms with Gasteiger partial charge in [0.15, 0.2) is 0 Å². The molecule has 0 amide bonds. The molecule has 1 saturated carbocycles. The fourth-order valence-electron chi connectivity index (χ4n) is 4.72. The van der Waals surface area contributed by atoms with Crippen LogP contribution in [-0.4, -0.2) is 43.0 Å². The van der Waals surface area contributed by atoms with E-state index in [0.717, 1.165) is 11.6 Å². The van der Waals surface area contributed by atoms with Gasteiger partial charge in [-0.05, 0) is 69.9 Å². The Morgan fingerprint density at radius 3 is 2.44 bits per heavy atom. The molecule has 1 aromatic carbocycles. The second-order valence-corrected chi connectivity index (χ2v) is 8.13. The van der Waals surface area contributed by atoms with Crippen LogP contribution in [0.1, 0.15) is 51.5 Å². The predicted octanol–water partition coefficient (Wildman–Crippen LogP) is 5.57. The summed E-state index contributed by atoms with van der Waals surface area (Å²) in [6, 6.07) is 9.20. The molecule has 3 unspecified atom stereocenters. The minimum atomic E-state index is 0.119. The highest BCUT2D eigenvalue weighted by Gasteiger charge is 2.44. The quantitative estimate of drug-likeness (QED) is 0.557. The maximum atomic E-state index is 6.14. The van der Waals surface area contributed by atoms with Crippen molar-refractivity contribution in [2.45, 2.75) is 57.5 Å². The lowest BCUT2D eigenvalue weighted by Gasteiger charge is -2.51. The highest BCUT2D eigenvalue weighted by molar-refractivity contribution is 6.30. The van der Waals surface area contributed by atoms with Gasteiger partial charge in [-0.25, -0.2) is 0 Å². The minimum absolute atomic E-state index is 0.119. The van der Waals surface area contributed by atoms with E-state index in [1.807, 2.05) is 12.1 Å². The number of nitrogens with zero attached hydrogens (tertiary/aromatic N) is 2. The Hall–Kier alpha value is -0.830. The summed E-state index contributed by atoms with van der Waals surface area (Å²) in [4.78, 5) is 5.09. The summed E-state index contributed by atoms with van der Waals surface area (Å²) < 4.78 is 0. The van der Waals surface area contributed by atoms with Gasteiger partial charge in [-0.2, -0.15) is 0 Å². The van der Waals surface area contributed by atoms with Gasteiger partial charge in [-0.15, -0.1) is 6.58 Å². The Balaban J connectivity index is 2.29. The van der Waals surface area contributed by atoms with Crippen LogP contribution in [0.4, 0.5) is 0 Å². The lowest BCUT2D eigenvalue weighted by atomic mass is 9.68. The zero-order valence-corrected chi connectivity index (χ0v) is 17.2. The van der Waals surface area contributed by atoms with E-state index in [9.17, 15) is 0 Å². The van der Waals surface area contributed by atoms with Crippen molar-refractivity contribution in [1.82, 2.24) is 9.80 Å². The van der Waals surface area contributed by atoms with Gasteiger partial charge in [-0.3, -0.25) is 9.80 Å². The van der Waals surface area contributed by atoms with Crippen molar-refractivity contribution in [3.05, 3.63) is 47.5 Å². The summed E-state index contributed by atoms with van der Waals surface area (Å²) in [6.07, 6.45) is 8.14. The van der Waals surface area contributed by atoms with Gasteiger partial charge in [-0.1, -0.05) is 50.1 Å². The van der Waals surface area contributed by atoms with Crippen LogP contribution in [0.2, 0.25) is 5.02 Å². The van der Waals surface area contributed by atoms with E-state index in [0.29, 0.717) is 12.0 Å². The van der Waals surface area contributed by atoms with Gasteiger partial charge in [0, 0.05) is 23.1 Å². The molecule has 0 heterocycles. The molecule has 1 aromatic rings. The lowest BCUT2D eigenvalue weighted by Crippen LogP contribution is -2.53. The average Bonchev–Trinajstić information content (AvgIpc) is 2.61. The van der Waals surface area contributed by atoms with Crippen molar-refractivity contribution in [2.75, 3.05) is 27.2 Å². The topological polar surface area (TPSA) is 6.48 Å². The maximum absolute atomic E-state index is 6.14. The summed E-state index contributed by atoms with van der Waals surface area (Å²) in [5, 5.41) is 0.818. The Morgan fingerprint density at radius 2 is 1.92 bits per heavy atom. The van der Waals surface area contributed by atoms with Crippen LogP contribution in [0.25, 0.3) is 0 Å². The highest BCUT2D eigenvalue weighted by Crippen LogP contribution is 2.46. The van der Waals surface area contributed by atoms with Crippen molar-refractivity contribution in [1.29, 1.82) is 0 Å². The zero-order chi connectivity index (χ0) is 18.4. The van der Waals surface area contributed by atoms with Crippen LogP contribution < -0.4 is 0 Å². The molecule has 25 heavy (non-hydrogen) atoms. The predicted molar refractivity (Wildman–Crippen MR) is 110 cm³/mol. The molecule has 0 radical (unpaired) electrons. The van der Waals surface area contributed by atoms with Gasteiger partial charge in [0.25, 0.3) is 0 Å². The molecular weight excluding hydrogens is 328 g/mol. The summed E-state index contributed by atoms with van der Waals surface area (Å²) >= 11 is 6.14. The van der Waals surface area contributed by atoms with Crippen LogP contribution in [0.15, 0.2) is 36.9 Å². The van der Waals surface area contributed by atoms with Crippen molar-refractivity contribution in [2.24, 2.45) is 5.92 Å². The molecule has 0 aliphatic heterocycles. The summed E-state index contributed by atoms with van der Waals surface area (Å²) in [7, 11) is 4.46. The molecule has 140 valence electrons. The number of halogens is 1. The number of hydrogen-bond donors (Lipinski definition) is 0. The van der Waals surface area contributed by atoms with Gasteiger partial charge < -0.3 is 0 Å². The first-order valence-corrected chi connectivity index (χ1v) is 10.1. The first kappa shape index (κ1) is 20.5. The van der Waals surface area contributed by atoms with E-state index >= 15 is 0 Å². The Kier molecular flexibility index (Phi) is 7.54. The van der Waals surface area contributed by atoms with E-state index in [2.05, 4.69) is 62.5 Å². The van der Waals surface area contributed by atoms with Crippen LogP contribution >= 0.6 is 11.6 Å². The monoisotopic (exact) mass is 362 g/mol. The fraction of sp³-hybridized carbons (Fsp3) is 0.636. The Bertz CT molecular complexity index is 539. The Morgan fingerprint density at radius 1 is 1.24 bits per heavy atom. The van der Waals surface area contributed by atoms with E-state index in [-0.39, 0.29) is 5.54 Å². The molecule has 1 aliphatic rings. The van der Waals surface area contributed by atoms with Crippen LogP contribution in [0, 0.1) is 5.92 Å². The molecule has 0 saturated heterocycles. The van der Waals surface area contributed by atoms with Gasteiger partial charge in [0.1, 0.15) is 0 Å². The van der Waals surface area contributed by atoms with E-state index in [1.165, 1.54) is 44.2 Å². The number of hydrogen-bond acceptors (Lipinski definition) is 2. The van der Waals surface area contributed by atoms with E-state index < -0.39 is 0 Å². The summed E-state index contributed by atoms with van der Waals surface area (Å²) in [5.74, 6) is 0.707. The SMILES string of the molecule is C=CCN(CCC)C1CCC(c2ccc(Cl)cc2)(N(C)C)CC1CC. The van der Waals surface area contributed by atoms with Gasteiger partial charge in [0.2, 0.25) is 0 Å². The standard InChI is InChI=1S/C22H35ClN2/c1-6-15-25(16-7-2)21-13-14-22(24(4)5,17-18(21)8-3)19-9-11-20(23)12-10-19/h6,9-12,18,21H,1,7-8,13-17H2,2-5H3. The number of benzene rings is 1. The molecule has 2 nitrogen and oxygen atoms in total. The third-order valence-corrected chi connectivity index (χ3v) is 6.36. The van der Waals surface area contributed by atoms with Crippen molar-refractivity contribution >= 4 is 11.6 Å². The van der Waals surface area contributed by atoms with E-state index in [4.69, 9.17) is 11.6 Å². The molecule has 0 N–H and O–H groups in total. The minimum Gasteiger partial charge on any atom is -0.300 e. The maximum Gasteiger partial charge on any atom is 0.0458 e. The molecule has 2 rings (SSSR count). The van der Waals surface area contributed by atoms with Crippen molar-refractivity contribution in [3.8, 4) is 0 Å². The fourth-order valence-corrected chi connectivity index (χ4v) is 4.85. The van der Waals surface area contributed by atoms with Crippen LogP contribution in [-0.2, 0) is 5.54 Å². The lowest BCUT2D eigenvalue weighted by molar-refractivity contribution is 0.0100.